The van der Waals surface area contributed by atoms with E-state index in [1.807, 2.05) is 13.0 Å². The van der Waals surface area contributed by atoms with Crippen LogP contribution in [0.1, 0.15) is 16.8 Å². The van der Waals surface area contributed by atoms with E-state index in [1.165, 1.54) is 11.1 Å². The molecule has 3 nitrogen and oxygen atoms in total. The number of aryl methyl sites for hydroxylation is 3. The predicted molar refractivity (Wildman–Crippen MR) is 66.0 cm³/mol. The molecule has 0 bridgehead atoms. The highest BCUT2D eigenvalue weighted by Crippen LogP contribution is 2.20. The van der Waals surface area contributed by atoms with E-state index in [1.54, 1.807) is 6.33 Å². The smallest absolute Gasteiger partial charge is 0.133 e. The zero-order valence-electron chi connectivity index (χ0n) is 9.78. The van der Waals surface area contributed by atoms with E-state index >= 15 is 0 Å². The summed E-state index contributed by atoms with van der Waals surface area (Å²) in [5.74, 6) is 0.834. The van der Waals surface area contributed by atoms with Crippen LogP contribution in [0.15, 0.2) is 30.6 Å². The number of hydrogen-bond donors (Lipinski definition) is 1. The number of hydrogen-bond acceptors (Lipinski definition) is 3. The SMILES string of the molecule is Cc1ccc(C)c(Nc2cc(C)ncn2)c1. The first-order valence-corrected chi connectivity index (χ1v) is 5.28. The van der Waals surface area contributed by atoms with Crippen LogP contribution in [0.2, 0.25) is 0 Å². The number of rotatable bonds is 2. The summed E-state index contributed by atoms with van der Waals surface area (Å²) in [7, 11) is 0. The lowest BCUT2D eigenvalue weighted by atomic mass is 10.1. The Balaban J connectivity index is 2.30. The summed E-state index contributed by atoms with van der Waals surface area (Å²) in [5, 5.41) is 3.30. The van der Waals surface area contributed by atoms with E-state index in [0.29, 0.717) is 0 Å². The van der Waals surface area contributed by atoms with E-state index in [-0.39, 0.29) is 0 Å². The molecule has 82 valence electrons. The molecule has 0 saturated carbocycles. The summed E-state index contributed by atoms with van der Waals surface area (Å²) >= 11 is 0. The van der Waals surface area contributed by atoms with Crippen LogP contribution < -0.4 is 5.32 Å². The minimum absolute atomic E-state index is 0.834. The van der Waals surface area contributed by atoms with Crippen molar-refractivity contribution in [2.24, 2.45) is 0 Å². The zero-order valence-corrected chi connectivity index (χ0v) is 9.78. The Morgan fingerprint density at radius 3 is 2.56 bits per heavy atom. The van der Waals surface area contributed by atoms with E-state index in [2.05, 4.69) is 47.3 Å². The Morgan fingerprint density at radius 1 is 1.00 bits per heavy atom. The second-order valence-electron chi connectivity index (χ2n) is 3.99. The zero-order chi connectivity index (χ0) is 11.5. The third-order valence-corrected chi connectivity index (χ3v) is 2.46. The van der Waals surface area contributed by atoms with Gasteiger partial charge in [0, 0.05) is 17.4 Å². The van der Waals surface area contributed by atoms with Gasteiger partial charge in [0.15, 0.2) is 0 Å². The first-order valence-electron chi connectivity index (χ1n) is 5.28. The Bertz CT molecular complexity index is 506. The van der Waals surface area contributed by atoms with Gasteiger partial charge in [0.1, 0.15) is 12.1 Å². The molecule has 2 aromatic rings. The lowest BCUT2D eigenvalue weighted by molar-refractivity contribution is 1.10. The van der Waals surface area contributed by atoms with Crippen LogP contribution in [0.4, 0.5) is 11.5 Å². The molecule has 0 aliphatic rings. The molecule has 1 N–H and O–H groups in total. The highest BCUT2D eigenvalue weighted by molar-refractivity contribution is 5.61. The Kier molecular flexibility index (Phi) is 2.86. The average molecular weight is 213 g/mol. The summed E-state index contributed by atoms with van der Waals surface area (Å²) in [6.45, 7) is 6.11. The molecule has 2 rings (SSSR count). The van der Waals surface area contributed by atoms with Gasteiger partial charge in [0.25, 0.3) is 0 Å². The van der Waals surface area contributed by atoms with Crippen LogP contribution in [0.5, 0.6) is 0 Å². The maximum Gasteiger partial charge on any atom is 0.133 e. The number of nitrogens with zero attached hydrogens (tertiary/aromatic N) is 2. The fourth-order valence-corrected chi connectivity index (χ4v) is 1.53. The Hall–Kier alpha value is -1.90. The molecule has 0 aliphatic heterocycles. The van der Waals surface area contributed by atoms with E-state index < -0.39 is 0 Å². The summed E-state index contributed by atoms with van der Waals surface area (Å²) in [6, 6.07) is 8.26. The highest BCUT2D eigenvalue weighted by atomic mass is 15.0. The minimum atomic E-state index is 0.834. The second-order valence-corrected chi connectivity index (χ2v) is 3.99. The van der Waals surface area contributed by atoms with Gasteiger partial charge in [-0.2, -0.15) is 0 Å². The molecular formula is C13H15N3. The summed E-state index contributed by atoms with van der Waals surface area (Å²) in [5.41, 5.74) is 4.50. The van der Waals surface area contributed by atoms with Crippen molar-refractivity contribution in [2.75, 3.05) is 5.32 Å². The van der Waals surface area contributed by atoms with Crippen LogP contribution in [0.25, 0.3) is 0 Å². The maximum absolute atomic E-state index is 4.18. The van der Waals surface area contributed by atoms with Crippen LogP contribution in [0, 0.1) is 20.8 Å². The van der Waals surface area contributed by atoms with Crippen molar-refractivity contribution in [1.82, 2.24) is 9.97 Å². The third kappa shape index (κ3) is 2.37. The van der Waals surface area contributed by atoms with Gasteiger partial charge >= 0.3 is 0 Å². The highest BCUT2D eigenvalue weighted by Gasteiger charge is 2.00. The molecule has 0 aliphatic carbocycles. The molecule has 0 fully saturated rings. The largest absolute Gasteiger partial charge is 0.340 e. The van der Waals surface area contributed by atoms with E-state index in [4.69, 9.17) is 0 Å². The molecule has 1 aromatic carbocycles. The van der Waals surface area contributed by atoms with Crippen LogP contribution >= 0.6 is 0 Å². The fourth-order valence-electron chi connectivity index (χ4n) is 1.53. The van der Waals surface area contributed by atoms with Gasteiger partial charge < -0.3 is 5.32 Å². The first-order chi connectivity index (χ1) is 7.65. The van der Waals surface area contributed by atoms with Crippen molar-refractivity contribution >= 4 is 11.5 Å². The van der Waals surface area contributed by atoms with Gasteiger partial charge in [-0.15, -0.1) is 0 Å². The molecule has 0 saturated heterocycles. The Labute approximate surface area is 95.6 Å². The molecule has 0 radical (unpaired) electrons. The first kappa shape index (κ1) is 10.6. The number of aromatic nitrogens is 2. The van der Waals surface area contributed by atoms with Crippen molar-refractivity contribution < 1.29 is 0 Å². The number of benzene rings is 1. The molecule has 0 spiro atoms. The quantitative estimate of drug-likeness (QED) is 0.832. The molecular weight excluding hydrogens is 198 g/mol. The lowest BCUT2D eigenvalue weighted by Gasteiger charge is -2.09. The molecule has 0 atom stereocenters. The van der Waals surface area contributed by atoms with Gasteiger partial charge in [-0.3, -0.25) is 0 Å². The molecule has 3 heteroatoms. The molecule has 1 heterocycles. The summed E-state index contributed by atoms with van der Waals surface area (Å²) in [4.78, 5) is 8.25. The van der Waals surface area contributed by atoms with Crippen molar-refractivity contribution in [3.05, 3.63) is 47.4 Å². The third-order valence-electron chi connectivity index (χ3n) is 2.46. The van der Waals surface area contributed by atoms with Gasteiger partial charge in [-0.25, -0.2) is 9.97 Å². The molecule has 1 aromatic heterocycles. The standard InChI is InChI=1S/C13H15N3/c1-9-4-5-10(2)12(6-9)16-13-7-11(3)14-8-15-13/h4-8H,1-3H3,(H,14,15,16). The predicted octanol–water partition coefficient (Wildman–Crippen LogP) is 3.15. The van der Waals surface area contributed by atoms with Crippen molar-refractivity contribution in [3.8, 4) is 0 Å². The van der Waals surface area contributed by atoms with Gasteiger partial charge in [0.2, 0.25) is 0 Å². The van der Waals surface area contributed by atoms with Crippen molar-refractivity contribution in [1.29, 1.82) is 0 Å². The number of nitrogens with one attached hydrogen (secondary N) is 1. The van der Waals surface area contributed by atoms with Gasteiger partial charge in [0.05, 0.1) is 0 Å². The van der Waals surface area contributed by atoms with E-state index in [9.17, 15) is 0 Å². The lowest BCUT2D eigenvalue weighted by Crippen LogP contribution is -1.97. The average Bonchev–Trinajstić information content (AvgIpc) is 2.24. The topological polar surface area (TPSA) is 37.8 Å². The monoisotopic (exact) mass is 213 g/mol. The minimum Gasteiger partial charge on any atom is -0.340 e. The molecule has 16 heavy (non-hydrogen) atoms. The van der Waals surface area contributed by atoms with Crippen molar-refractivity contribution in [3.63, 3.8) is 0 Å². The summed E-state index contributed by atoms with van der Waals surface area (Å²) < 4.78 is 0. The Morgan fingerprint density at radius 2 is 1.81 bits per heavy atom. The van der Waals surface area contributed by atoms with Crippen LogP contribution in [-0.4, -0.2) is 9.97 Å². The van der Waals surface area contributed by atoms with Crippen molar-refractivity contribution in [2.45, 2.75) is 20.8 Å². The maximum atomic E-state index is 4.18. The van der Waals surface area contributed by atoms with E-state index in [0.717, 1.165) is 17.2 Å². The number of anilines is 2. The fraction of sp³-hybridized carbons (Fsp3) is 0.231. The molecule has 0 unspecified atom stereocenters. The summed E-state index contributed by atoms with van der Waals surface area (Å²) in [6.07, 6.45) is 1.57. The normalized spacial score (nSPS) is 10.2. The molecule has 0 amide bonds. The van der Waals surface area contributed by atoms with Gasteiger partial charge in [-0.1, -0.05) is 12.1 Å². The van der Waals surface area contributed by atoms with Gasteiger partial charge in [-0.05, 0) is 38.0 Å². The van der Waals surface area contributed by atoms with Crippen LogP contribution in [-0.2, 0) is 0 Å². The van der Waals surface area contributed by atoms with Crippen LogP contribution in [0.3, 0.4) is 0 Å². The second kappa shape index (κ2) is 4.31.